The predicted molar refractivity (Wildman–Crippen MR) is 122 cm³/mol. The van der Waals surface area contributed by atoms with Crippen LogP contribution >= 0.6 is 0 Å². The molecule has 0 aliphatic carbocycles. The van der Waals surface area contributed by atoms with Crippen LogP contribution in [0.5, 0.6) is 23.0 Å². The SMILES string of the molecule is CCNC(=O)Oc1c(OC)c(OC)c(OC(=O)NCC)c2cc(-c3ccccc3)ccc12. The first-order chi connectivity index (χ1) is 15.5. The zero-order valence-corrected chi connectivity index (χ0v) is 18.5. The Morgan fingerprint density at radius 2 is 1.22 bits per heavy atom. The number of hydrogen-bond donors (Lipinski definition) is 2. The maximum absolute atomic E-state index is 12.3. The molecule has 8 heteroatoms. The lowest BCUT2D eigenvalue weighted by Crippen LogP contribution is -2.27. The molecule has 32 heavy (non-hydrogen) atoms. The summed E-state index contributed by atoms with van der Waals surface area (Å²) in [4.78, 5) is 24.5. The average molecular weight is 438 g/mol. The van der Waals surface area contributed by atoms with E-state index in [4.69, 9.17) is 18.9 Å². The largest absolute Gasteiger partial charge is 0.490 e. The fourth-order valence-corrected chi connectivity index (χ4v) is 3.31. The molecule has 0 bridgehead atoms. The van der Waals surface area contributed by atoms with Gasteiger partial charge in [-0.15, -0.1) is 0 Å². The van der Waals surface area contributed by atoms with Crippen molar-refractivity contribution >= 4 is 23.0 Å². The summed E-state index contributed by atoms with van der Waals surface area (Å²) in [6.45, 7) is 4.36. The highest BCUT2D eigenvalue weighted by Crippen LogP contribution is 2.51. The third-order valence-electron chi connectivity index (χ3n) is 4.67. The molecule has 0 aliphatic rings. The van der Waals surface area contributed by atoms with Crippen LogP contribution in [-0.4, -0.2) is 39.5 Å². The Balaban J connectivity index is 2.30. The molecule has 0 unspecified atom stereocenters. The summed E-state index contributed by atoms with van der Waals surface area (Å²) in [6, 6.07) is 15.3. The van der Waals surface area contributed by atoms with Crippen molar-refractivity contribution in [1.82, 2.24) is 10.6 Å². The number of carbonyl (C=O) groups is 2. The van der Waals surface area contributed by atoms with Gasteiger partial charge in [-0.25, -0.2) is 9.59 Å². The van der Waals surface area contributed by atoms with Crippen LogP contribution in [0.3, 0.4) is 0 Å². The molecule has 0 spiro atoms. The highest BCUT2D eigenvalue weighted by atomic mass is 16.6. The highest BCUT2D eigenvalue weighted by Gasteiger charge is 2.27. The summed E-state index contributed by atoms with van der Waals surface area (Å²) >= 11 is 0. The molecule has 0 aromatic heterocycles. The van der Waals surface area contributed by atoms with Gasteiger partial charge in [-0.2, -0.15) is 0 Å². The molecule has 3 aromatic carbocycles. The van der Waals surface area contributed by atoms with E-state index in [0.29, 0.717) is 23.9 Å². The average Bonchev–Trinajstić information content (AvgIpc) is 2.80. The number of benzene rings is 3. The molecule has 2 amide bonds. The molecular weight excluding hydrogens is 412 g/mol. The normalized spacial score (nSPS) is 10.4. The van der Waals surface area contributed by atoms with E-state index in [1.807, 2.05) is 42.5 Å². The van der Waals surface area contributed by atoms with E-state index in [2.05, 4.69) is 10.6 Å². The quantitative estimate of drug-likeness (QED) is 0.553. The molecule has 0 radical (unpaired) electrons. The number of rotatable bonds is 7. The highest BCUT2D eigenvalue weighted by molar-refractivity contribution is 6.03. The van der Waals surface area contributed by atoms with Crippen LogP contribution in [0.4, 0.5) is 9.59 Å². The van der Waals surface area contributed by atoms with Crippen molar-refractivity contribution in [3.05, 3.63) is 48.5 Å². The molecule has 0 saturated heterocycles. The van der Waals surface area contributed by atoms with Crippen molar-refractivity contribution in [1.29, 1.82) is 0 Å². The van der Waals surface area contributed by atoms with Crippen molar-refractivity contribution < 1.29 is 28.5 Å². The minimum absolute atomic E-state index is 0.135. The van der Waals surface area contributed by atoms with E-state index < -0.39 is 12.2 Å². The zero-order valence-electron chi connectivity index (χ0n) is 18.5. The van der Waals surface area contributed by atoms with Gasteiger partial charge in [0.2, 0.25) is 11.5 Å². The Morgan fingerprint density at radius 1 is 0.688 bits per heavy atom. The van der Waals surface area contributed by atoms with Crippen molar-refractivity contribution in [3.63, 3.8) is 0 Å². The molecule has 0 fully saturated rings. The first-order valence-corrected chi connectivity index (χ1v) is 10.2. The third-order valence-corrected chi connectivity index (χ3v) is 4.67. The Labute approximate surface area is 186 Å². The van der Waals surface area contributed by atoms with E-state index in [1.165, 1.54) is 14.2 Å². The monoisotopic (exact) mass is 438 g/mol. The van der Waals surface area contributed by atoms with Gasteiger partial charge in [0.15, 0.2) is 11.5 Å². The second kappa shape index (κ2) is 10.4. The Morgan fingerprint density at radius 3 is 1.72 bits per heavy atom. The number of ether oxygens (including phenoxy) is 4. The van der Waals surface area contributed by atoms with E-state index in [0.717, 1.165) is 11.1 Å². The fraction of sp³-hybridized carbons (Fsp3) is 0.250. The lowest BCUT2D eigenvalue weighted by molar-refractivity contribution is 0.195. The first kappa shape index (κ1) is 22.7. The minimum atomic E-state index is -0.642. The summed E-state index contributed by atoms with van der Waals surface area (Å²) < 4.78 is 22.2. The topological polar surface area (TPSA) is 95.1 Å². The van der Waals surface area contributed by atoms with Crippen molar-refractivity contribution in [2.75, 3.05) is 27.3 Å². The molecule has 0 heterocycles. The van der Waals surface area contributed by atoms with Crippen LogP contribution in [0.2, 0.25) is 0 Å². The second-order valence-electron chi connectivity index (χ2n) is 6.69. The van der Waals surface area contributed by atoms with Crippen molar-refractivity contribution in [2.45, 2.75) is 13.8 Å². The van der Waals surface area contributed by atoms with Gasteiger partial charge >= 0.3 is 12.2 Å². The summed E-state index contributed by atoms with van der Waals surface area (Å²) in [6.07, 6.45) is -1.28. The molecule has 8 nitrogen and oxygen atoms in total. The van der Waals surface area contributed by atoms with Crippen molar-refractivity contribution in [2.24, 2.45) is 0 Å². The fourth-order valence-electron chi connectivity index (χ4n) is 3.31. The second-order valence-corrected chi connectivity index (χ2v) is 6.69. The summed E-state index contributed by atoms with van der Waals surface area (Å²) in [7, 11) is 2.84. The maximum Gasteiger partial charge on any atom is 0.412 e. The molecule has 0 saturated carbocycles. The maximum atomic E-state index is 12.3. The van der Waals surface area contributed by atoms with E-state index in [-0.39, 0.29) is 23.0 Å². The Bertz CT molecular complexity index is 1110. The van der Waals surface area contributed by atoms with E-state index >= 15 is 0 Å². The van der Waals surface area contributed by atoms with Gasteiger partial charge in [0.05, 0.1) is 14.2 Å². The number of carbonyl (C=O) groups excluding carboxylic acids is 2. The molecule has 168 valence electrons. The molecule has 3 aromatic rings. The lowest BCUT2D eigenvalue weighted by Gasteiger charge is -2.20. The van der Waals surface area contributed by atoms with E-state index in [1.54, 1.807) is 19.9 Å². The van der Waals surface area contributed by atoms with Gasteiger partial charge in [-0.05, 0) is 37.1 Å². The smallest absolute Gasteiger partial charge is 0.412 e. The van der Waals surface area contributed by atoms with Crippen LogP contribution in [0.25, 0.3) is 21.9 Å². The Kier molecular flexibility index (Phi) is 7.38. The molecule has 2 N–H and O–H groups in total. The standard InChI is InChI=1S/C24H26N2O6/c1-5-25-23(27)31-19-17-13-12-16(15-10-8-7-9-11-15)14-18(17)20(32-24(28)26-6-2)22(30-4)21(19)29-3/h7-14H,5-6H2,1-4H3,(H,25,27)(H,26,28). The van der Waals surface area contributed by atoms with Gasteiger partial charge in [0.25, 0.3) is 0 Å². The molecule has 0 aliphatic heterocycles. The number of methoxy groups -OCH3 is 2. The molecule has 3 rings (SSSR count). The van der Waals surface area contributed by atoms with Crippen molar-refractivity contribution in [3.8, 4) is 34.1 Å². The Hall–Kier alpha value is -3.94. The van der Waals surface area contributed by atoms with E-state index in [9.17, 15) is 9.59 Å². The summed E-state index contributed by atoms with van der Waals surface area (Å²) in [5, 5.41) is 6.24. The van der Waals surface area contributed by atoms with Gasteiger partial charge in [-0.1, -0.05) is 36.4 Å². The van der Waals surface area contributed by atoms with Crippen LogP contribution in [-0.2, 0) is 0 Å². The number of amides is 2. The van der Waals surface area contributed by atoms with Crippen LogP contribution < -0.4 is 29.6 Å². The number of hydrogen-bond acceptors (Lipinski definition) is 6. The van der Waals surface area contributed by atoms with Gasteiger partial charge in [0, 0.05) is 23.9 Å². The summed E-state index contributed by atoms with van der Waals surface area (Å²) in [5.41, 5.74) is 1.86. The number of fused-ring (bicyclic) bond motifs is 1. The molecular formula is C24H26N2O6. The third kappa shape index (κ3) is 4.69. The number of nitrogens with one attached hydrogen (secondary N) is 2. The lowest BCUT2D eigenvalue weighted by atomic mass is 9.99. The zero-order chi connectivity index (χ0) is 23.1. The van der Waals surface area contributed by atoms with Crippen LogP contribution in [0, 0.1) is 0 Å². The minimum Gasteiger partial charge on any atom is -0.490 e. The van der Waals surface area contributed by atoms with Gasteiger partial charge < -0.3 is 29.6 Å². The molecule has 0 atom stereocenters. The van der Waals surface area contributed by atoms with Crippen LogP contribution in [0.1, 0.15) is 13.8 Å². The van der Waals surface area contributed by atoms with Crippen LogP contribution in [0.15, 0.2) is 48.5 Å². The van der Waals surface area contributed by atoms with Gasteiger partial charge in [0.1, 0.15) is 0 Å². The summed E-state index contributed by atoms with van der Waals surface area (Å²) in [5.74, 6) is 0.591. The predicted octanol–water partition coefficient (Wildman–Crippen LogP) is 4.74. The van der Waals surface area contributed by atoms with Gasteiger partial charge in [-0.3, -0.25) is 0 Å². The first-order valence-electron chi connectivity index (χ1n) is 10.2.